The van der Waals surface area contributed by atoms with Gasteiger partial charge in [-0.05, 0) is 25.2 Å². The van der Waals surface area contributed by atoms with Gasteiger partial charge in [-0.2, -0.15) is 0 Å². The van der Waals surface area contributed by atoms with Crippen molar-refractivity contribution in [2.75, 3.05) is 18.8 Å². The van der Waals surface area contributed by atoms with Gasteiger partial charge >= 0.3 is 0 Å². The van der Waals surface area contributed by atoms with Gasteiger partial charge in [0.1, 0.15) is 10.7 Å². The summed E-state index contributed by atoms with van der Waals surface area (Å²) >= 11 is 1.50. The molecule has 0 bridgehead atoms. The van der Waals surface area contributed by atoms with Crippen LogP contribution in [0.2, 0.25) is 0 Å². The van der Waals surface area contributed by atoms with E-state index in [0.717, 1.165) is 46.6 Å². The summed E-state index contributed by atoms with van der Waals surface area (Å²) in [6, 6.07) is 18.3. The number of hydrogen-bond donors (Lipinski definition) is 0. The number of aromatic nitrogens is 2. The summed E-state index contributed by atoms with van der Waals surface area (Å²) in [7, 11) is 0. The Labute approximate surface area is 170 Å². The third kappa shape index (κ3) is 4.36. The Morgan fingerprint density at radius 1 is 1.04 bits per heavy atom. The fourth-order valence-corrected chi connectivity index (χ4v) is 4.29. The van der Waals surface area contributed by atoms with E-state index in [9.17, 15) is 4.79 Å². The topological polar surface area (TPSA) is 46.1 Å². The quantitative estimate of drug-likeness (QED) is 0.505. The maximum absolute atomic E-state index is 12.8. The van der Waals surface area contributed by atoms with Crippen molar-refractivity contribution in [1.82, 2.24) is 15.1 Å². The van der Waals surface area contributed by atoms with Crippen molar-refractivity contribution in [3.63, 3.8) is 0 Å². The lowest BCUT2D eigenvalue weighted by Gasteiger charge is -2.21. The Hall–Kier alpha value is -2.40. The predicted octanol–water partition coefficient (Wildman–Crippen LogP) is 5.04. The van der Waals surface area contributed by atoms with E-state index < -0.39 is 0 Å². The van der Waals surface area contributed by atoms with Crippen LogP contribution in [-0.4, -0.2) is 39.8 Å². The standard InChI is InChI=1S/C23H25N3OS/c1-2-14-26(15-17-12-13-17)21(27)16-28-23-20-11-7-6-10-19(20)22(24-25-23)18-8-4-3-5-9-18/h3-11,17H,2,12-16H2,1H3. The lowest BCUT2D eigenvalue weighted by Crippen LogP contribution is -2.34. The van der Waals surface area contributed by atoms with Crippen LogP contribution >= 0.6 is 11.8 Å². The molecule has 1 amide bonds. The molecule has 5 heteroatoms. The molecule has 1 aliphatic rings. The molecule has 1 saturated carbocycles. The molecule has 0 saturated heterocycles. The van der Waals surface area contributed by atoms with E-state index in [4.69, 9.17) is 0 Å². The van der Waals surface area contributed by atoms with Crippen molar-refractivity contribution in [3.8, 4) is 11.3 Å². The second-order valence-electron chi connectivity index (χ2n) is 7.34. The molecule has 0 spiro atoms. The molecular formula is C23H25N3OS. The van der Waals surface area contributed by atoms with E-state index in [2.05, 4.69) is 29.3 Å². The van der Waals surface area contributed by atoms with Crippen LogP contribution in [-0.2, 0) is 4.79 Å². The van der Waals surface area contributed by atoms with Gasteiger partial charge in [0.05, 0.1) is 5.75 Å². The first-order chi connectivity index (χ1) is 13.8. The van der Waals surface area contributed by atoms with Gasteiger partial charge in [0, 0.05) is 29.4 Å². The number of rotatable bonds is 8. The monoisotopic (exact) mass is 391 g/mol. The molecule has 0 unspecified atom stereocenters. The second kappa shape index (κ2) is 8.74. The zero-order chi connectivity index (χ0) is 19.3. The van der Waals surface area contributed by atoms with Crippen molar-refractivity contribution < 1.29 is 4.79 Å². The van der Waals surface area contributed by atoms with Crippen LogP contribution in [0, 0.1) is 5.92 Å². The lowest BCUT2D eigenvalue weighted by molar-refractivity contribution is -0.128. The third-order valence-corrected chi connectivity index (χ3v) is 6.02. The van der Waals surface area contributed by atoms with E-state index in [-0.39, 0.29) is 5.91 Å². The highest BCUT2D eigenvalue weighted by Crippen LogP contribution is 2.32. The highest BCUT2D eigenvalue weighted by Gasteiger charge is 2.26. The summed E-state index contributed by atoms with van der Waals surface area (Å²) in [5, 5.41) is 11.9. The van der Waals surface area contributed by atoms with Crippen molar-refractivity contribution in [1.29, 1.82) is 0 Å². The molecular weight excluding hydrogens is 366 g/mol. The number of fused-ring (bicyclic) bond motifs is 1. The SMILES string of the molecule is CCCN(CC1CC1)C(=O)CSc1nnc(-c2ccccc2)c2ccccc12. The van der Waals surface area contributed by atoms with Crippen molar-refractivity contribution in [2.24, 2.45) is 5.92 Å². The Bertz CT molecular complexity index is 956. The summed E-state index contributed by atoms with van der Waals surface area (Å²) in [5.74, 6) is 1.33. The minimum atomic E-state index is 0.205. The van der Waals surface area contributed by atoms with Crippen LogP contribution in [0.3, 0.4) is 0 Å². The summed E-state index contributed by atoms with van der Waals surface area (Å²) in [5.41, 5.74) is 1.94. The molecule has 144 valence electrons. The first kappa shape index (κ1) is 18.9. The maximum Gasteiger partial charge on any atom is 0.232 e. The number of carbonyl (C=O) groups is 1. The van der Waals surface area contributed by atoms with Crippen LogP contribution in [0.25, 0.3) is 22.0 Å². The zero-order valence-electron chi connectivity index (χ0n) is 16.2. The predicted molar refractivity (Wildman–Crippen MR) is 115 cm³/mol. The van der Waals surface area contributed by atoms with E-state index in [1.165, 1.54) is 24.6 Å². The Morgan fingerprint density at radius 3 is 2.46 bits per heavy atom. The molecule has 4 nitrogen and oxygen atoms in total. The molecule has 3 aromatic rings. The molecule has 0 atom stereocenters. The normalized spacial score (nSPS) is 13.6. The fourth-order valence-electron chi connectivity index (χ4n) is 3.42. The van der Waals surface area contributed by atoms with Gasteiger partial charge in [0.2, 0.25) is 5.91 Å². The Balaban J connectivity index is 1.55. The van der Waals surface area contributed by atoms with Gasteiger partial charge in [0.25, 0.3) is 0 Å². The highest BCUT2D eigenvalue weighted by atomic mass is 32.2. The van der Waals surface area contributed by atoms with Gasteiger partial charge in [-0.3, -0.25) is 4.79 Å². The lowest BCUT2D eigenvalue weighted by atomic mass is 10.1. The summed E-state index contributed by atoms with van der Waals surface area (Å²) < 4.78 is 0. The molecule has 28 heavy (non-hydrogen) atoms. The third-order valence-electron chi connectivity index (χ3n) is 5.05. The fraction of sp³-hybridized carbons (Fsp3) is 0.348. The average molecular weight is 392 g/mol. The minimum absolute atomic E-state index is 0.205. The minimum Gasteiger partial charge on any atom is -0.342 e. The van der Waals surface area contributed by atoms with Crippen LogP contribution in [0.1, 0.15) is 26.2 Å². The molecule has 2 aromatic carbocycles. The Kier molecular flexibility index (Phi) is 5.91. The van der Waals surface area contributed by atoms with Gasteiger partial charge in [-0.25, -0.2) is 0 Å². The van der Waals surface area contributed by atoms with Gasteiger partial charge in [0.15, 0.2) is 0 Å². The van der Waals surface area contributed by atoms with Gasteiger partial charge in [-0.15, -0.1) is 10.2 Å². The number of hydrogen-bond acceptors (Lipinski definition) is 4. The zero-order valence-corrected chi connectivity index (χ0v) is 17.0. The van der Waals surface area contributed by atoms with E-state index >= 15 is 0 Å². The van der Waals surface area contributed by atoms with E-state index in [0.29, 0.717) is 11.7 Å². The molecule has 0 N–H and O–H groups in total. The van der Waals surface area contributed by atoms with Crippen LogP contribution in [0.5, 0.6) is 0 Å². The largest absolute Gasteiger partial charge is 0.342 e. The Morgan fingerprint density at radius 2 is 1.75 bits per heavy atom. The molecule has 1 fully saturated rings. The number of amides is 1. The van der Waals surface area contributed by atoms with Crippen LogP contribution < -0.4 is 0 Å². The summed E-state index contributed by atoms with van der Waals surface area (Å²) in [6.45, 7) is 3.88. The van der Waals surface area contributed by atoms with E-state index in [1.54, 1.807) is 0 Å². The molecule has 0 radical (unpaired) electrons. The number of thioether (sulfide) groups is 1. The summed E-state index contributed by atoms with van der Waals surface area (Å²) in [4.78, 5) is 14.8. The van der Waals surface area contributed by atoms with Gasteiger partial charge in [-0.1, -0.05) is 73.3 Å². The number of carbonyl (C=O) groups excluding carboxylic acids is 1. The molecule has 1 aromatic heterocycles. The number of benzene rings is 2. The molecule has 4 rings (SSSR count). The smallest absolute Gasteiger partial charge is 0.232 e. The molecule has 1 heterocycles. The molecule has 1 aliphatic carbocycles. The molecule has 0 aliphatic heterocycles. The number of nitrogens with zero attached hydrogens (tertiary/aromatic N) is 3. The average Bonchev–Trinajstić information content (AvgIpc) is 3.56. The van der Waals surface area contributed by atoms with Crippen LogP contribution in [0.15, 0.2) is 59.6 Å². The maximum atomic E-state index is 12.8. The van der Waals surface area contributed by atoms with Crippen molar-refractivity contribution in [3.05, 3.63) is 54.6 Å². The van der Waals surface area contributed by atoms with Crippen molar-refractivity contribution >= 4 is 28.4 Å². The first-order valence-corrected chi connectivity index (χ1v) is 11.0. The highest BCUT2D eigenvalue weighted by molar-refractivity contribution is 8.00. The van der Waals surface area contributed by atoms with Crippen molar-refractivity contribution in [2.45, 2.75) is 31.2 Å². The van der Waals surface area contributed by atoms with Gasteiger partial charge < -0.3 is 4.90 Å². The summed E-state index contributed by atoms with van der Waals surface area (Å²) in [6.07, 6.45) is 3.52. The first-order valence-electron chi connectivity index (χ1n) is 9.97. The van der Waals surface area contributed by atoms with E-state index in [1.807, 2.05) is 47.4 Å². The van der Waals surface area contributed by atoms with Crippen LogP contribution in [0.4, 0.5) is 0 Å². The second-order valence-corrected chi connectivity index (χ2v) is 8.30.